The van der Waals surface area contributed by atoms with E-state index in [0.717, 1.165) is 24.9 Å². The highest BCUT2D eigenvalue weighted by Gasteiger charge is 2.25. The van der Waals surface area contributed by atoms with Crippen LogP contribution < -0.4 is 5.32 Å². The number of aromatic hydroxyl groups is 1. The molecule has 1 aromatic rings. The maximum atomic E-state index is 9.96. The number of phenols is 1. The average Bonchev–Trinajstić information content (AvgIpc) is 2.43. The van der Waals surface area contributed by atoms with Gasteiger partial charge in [0.1, 0.15) is 5.75 Å². The van der Waals surface area contributed by atoms with E-state index in [0.29, 0.717) is 10.5 Å². The first-order valence-electron chi connectivity index (χ1n) is 7.06. The summed E-state index contributed by atoms with van der Waals surface area (Å²) in [5.74, 6) is 0.383. The van der Waals surface area contributed by atoms with E-state index in [-0.39, 0.29) is 6.04 Å². The smallest absolute Gasteiger partial charge is 0.120 e. The molecule has 0 saturated heterocycles. The summed E-state index contributed by atoms with van der Waals surface area (Å²) in [7, 11) is 0. The SMILES string of the molecule is CCC(CC)(CNC(C)c1cc(C)ccc1O)SC. The molecule has 0 amide bonds. The van der Waals surface area contributed by atoms with E-state index in [4.69, 9.17) is 0 Å². The van der Waals surface area contributed by atoms with E-state index in [9.17, 15) is 5.11 Å². The van der Waals surface area contributed by atoms with E-state index in [1.54, 1.807) is 6.07 Å². The Hall–Kier alpha value is -0.670. The zero-order chi connectivity index (χ0) is 14.5. The highest BCUT2D eigenvalue weighted by atomic mass is 32.2. The molecule has 0 heterocycles. The van der Waals surface area contributed by atoms with Crippen LogP contribution in [0.4, 0.5) is 0 Å². The van der Waals surface area contributed by atoms with Crippen LogP contribution in [0.2, 0.25) is 0 Å². The van der Waals surface area contributed by atoms with Crippen molar-refractivity contribution in [1.82, 2.24) is 5.32 Å². The van der Waals surface area contributed by atoms with Crippen LogP contribution in [0.5, 0.6) is 5.75 Å². The van der Waals surface area contributed by atoms with Crippen molar-refractivity contribution in [2.24, 2.45) is 0 Å². The van der Waals surface area contributed by atoms with Crippen LogP contribution in [0.15, 0.2) is 18.2 Å². The Kier molecular flexibility index (Phi) is 6.21. The van der Waals surface area contributed by atoms with Crippen molar-refractivity contribution in [3.63, 3.8) is 0 Å². The van der Waals surface area contributed by atoms with Crippen molar-refractivity contribution in [3.8, 4) is 5.75 Å². The molecule has 0 aliphatic heterocycles. The number of benzene rings is 1. The molecule has 1 atom stereocenters. The van der Waals surface area contributed by atoms with Crippen molar-refractivity contribution in [2.75, 3.05) is 12.8 Å². The molecule has 1 unspecified atom stereocenters. The van der Waals surface area contributed by atoms with Gasteiger partial charge < -0.3 is 10.4 Å². The summed E-state index contributed by atoms with van der Waals surface area (Å²) in [6, 6.07) is 5.95. The first-order chi connectivity index (χ1) is 8.98. The fourth-order valence-electron chi connectivity index (χ4n) is 2.33. The molecular formula is C16H27NOS. The zero-order valence-electron chi connectivity index (χ0n) is 12.8. The van der Waals surface area contributed by atoms with E-state index in [2.05, 4.69) is 45.3 Å². The lowest BCUT2D eigenvalue weighted by molar-refractivity contribution is 0.431. The van der Waals surface area contributed by atoms with Gasteiger partial charge in [0.25, 0.3) is 0 Å². The third-order valence-electron chi connectivity index (χ3n) is 4.10. The van der Waals surface area contributed by atoms with Crippen LogP contribution in [-0.4, -0.2) is 22.7 Å². The van der Waals surface area contributed by atoms with E-state index >= 15 is 0 Å². The van der Waals surface area contributed by atoms with E-state index in [1.165, 1.54) is 5.56 Å². The van der Waals surface area contributed by atoms with Crippen LogP contribution in [-0.2, 0) is 0 Å². The number of phenolic OH excluding ortho intramolecular Hbond substituents is 1. The van der Waals surface area contributed by atoms with Gasteiger partial charge >= 0.3 is 0 Å². The minimum atomic E-state index is 0.171. The monoisotopic (exact) mass is 281 g/mol. The molecule has 0 radical (unpaired) electrons. The van der Waals surface area contributed by atoms with Gasteiger partial charge in [0, 0.05) is 22.9 Å². The van der Waals surface area contributed by atoms with Crippen molar-refractivity contribution >= 4 is 11.8 Å². The molecule has 0 spiro atoms. The van der Waals surface area contributed by atoms with Gasteiger partial charge in [-0.15, -0.1) is 0 Å². The molecule has 0 aromatic heterocycles. The molecule has 0 saturated carbocycles. The van der Waals surface area contributed by atoms with Crippen LogP contribution in [0.3, 0.4) is 0 Å². The number of thioether (sulfide) groups is 1. The van der Waals surface area contributed by atoms with Gasteiger partial charge in [0.2, 0.25) is 0 Å². The third kappa shape index (κ3) is 4.15. The van der Waals surface area contributed by atoms with E-state index < -0.39 is 0 Å². The normalized spacial score (nSPS) is 13.5. The number of aryl methyl sites for hydroxylation is 1. The highest BCUT2D eigenvalue weighted by Crippen LogP contribution is 2.31. The third-order valence-corrected chi connectivity index (χ3v) is 5.69. The fraction of sp³-hybridized carbons (Fsp3) is 0.625. The summed E-state index contributed by atoms with van der Waals surface area (Å²) in [5, 5.41) is 13.5. The van der Waals surface area contributed by atoms with Crippen LogP contribution in [0, 0.1) is 6.92 Å². The predicted molar refractivity (Wildman–Crippen MR) is 86.1 cm³/mol. The lowest BCUT2D eigenvalue weighted by atomic mass is 10.00. The number of rotatable bonds is 7. The molecule has 1 rings (SSSR count). The Morgan fingerprint density at radius 2 is 1.95 bits per heavy atom. The van der Waals surface area contributed by atoms with Gasteiger partial charge in [0.05, 0.1) is 0 Å². The van der Waals surface area contributed by atoms with Crippen molar-refractivity contribution < 1.29 is 5.11 Å². The summed E-state index contributed by atoms with van der Waals surface area (Å²) in [4.78, 5) is 0. The second-order valence-electron chi connectivity index (χ2n) is 5.26. The number of nitrogens with one attached hydrogen (secondary N) is 1. The minimum Gasteiger partial charge on any atom is -0.508 e. The Balaban J connectivity index is 2.74. The van der Waals surface area contributed by atoms with Crippen molar-refractivity contribution in [3.05, 3.63) is 29.3 Å². The molecule has 1 aromatic carbocycles. The molecule has 3 heteroatoms. The first kappa shape index (κ1) is 16.4. The lowest BCUT2D eigenvalue weighted by Gasteiger charge is -2.31. The predicted octanol–water partition coefficient (Wildman–Crippen LogP) is 4.27. The van der Waals surface area contributed by atoms with E-state index in [1.807, 2.05) is 17.8 Å². The Labute approximate surface area is 122 Å². The number of hydrogen-bond donors (Lipinski definition) is 2. The summed E-state index contributed by atoms with van der Waals surface area (Å²) >= 11 is 1.94. The summed E-state index contributed by atoms with van der Waals surface area (Å²) in [6.45, 7) is 9.63. The van der Waals surface area contributed by atoms with Crippen molar-refractivity contribution in [1.29, 1.82) is 0 Å². The average molecular weight is 281 g/mol. The zero-order valence-corrected chi connectivity index (χ0v) is 13.6. The highest BCUT2D eigenvalue weighted by molar-refractivity contribution is 8.00. The molecule has 19 heavy (non-hydrogen) atoms. The Morgan fingerprint density at radius 3 is 2.47 bits per heavy atom. The molecule has 0 bridgehead atoms. The van der Waals surface area contributed by atoms with Gasteiger partial charge in [-0.25, -0.2) is 0 Å². The Morgan fingerprint density at radius 1 is 1.32 bits per heavy atom. The summed E-state index contributed by atoms with van der Waals surface area (Å²) in [6.07, 6.45) is 4.50. The van der Waals surface area contributed by atoms with Crippen molar-refractivity contribution in [2.45, 2.75) is 51.3 Å². The molecule has 2 N–H and O–H groups in total. The van der Waals surface area contributed by atoms with Gasteiger partial charge in [-0.1, -0.05) is 31.5 Å². The second-order valence-corrected chi connectivity index (χ2v) is 6.53. The quantitative estimate of drug-likeness (QED) is 0.782. The molecule has 108 valence electrons. The van der Waals surface area contributed by atoms with Gasteiger partial charge in [-0.2, -0.15) is 11.8 Å². The maximum Gasteiger partial charge on any atom is 0.120 e. The largest absolute Gasteiger partial charge is 0.508 e. The lowest BCUT2D eigenvalue weighted by Crippen LogP contribution is -2.37. The second kappa shape index (κ2) is 7.20. The molecule has 0 aliphatic carbocycles. The standard InChI is InChI=1S/C16H27NOS/c1-6-16(7-2,19-5)11-17-13(4)14-10-12(3)8-9-15(14)18/h8-10,13,17-18H,6-7,11H2,1-5H3. The molecule has 2 nitrogen and oxygen atoms in total. The molecule has 0 fully saturated rings. The van der Waals surface area contributed by atoms with Gasteiger partial charge in [-0.3, -0.25) is 0 Å². The van der Waals surface area contributed by atoms with Gasteiger partial charge in [-0.05, 0) is 39.0 Å². The van der Waals surface area contributed by atoms with Gasteiger partial charge in [0.15, 0.2) is 0 Å². The summed E-state index contributed by atoms with van der Waals surface area (Å²) in [5.41, 5.74) is 2.17. The molecular weight excluding hydrogens is 254 g/mol. The molecule has 0 aliphatic rings. The fourth-order valence-corrected chi connectivity index (χ4v) is 3.14. The topological polar surface area (TPSA) is 32.3 Å². The van der Waals surface area contributed by atoms with Crippen LogP contribution >= 0.6 is 11.8 Å². The Bertz CT molecular complexity index is 393. The van der Waals surface area contributed by atoms with Crippen LogP contribution in [0.1, 0.15) is 50.8 Å². The summed E-state index contributed by atoms with van der Waals surface area (Å²) < 4.78 is 0.299. The first-order valence-corrected chi connectivity index (χ1v) is 8.28. The van der Waals surface area contributed by atoms with Crippen LogP contribution in [0.25, 0.3) is 0 Å². The minimum absolute atomic E-state index is 0.171. The maximum absolute atomic E-state index is 9.96. The number of hydrogen-bond acceptors (Lipinski definition) is 3.